The topological polar surface area (TPSA) is 96.7 Å². The van der Waals surface area contributed by atoms with Gasteiger partial charge in [0.05, 0.1) is 11.7 Å². The molecule has 1 aliphatic rings. The van der Waals surface area contributed by atoms with Gasteiger partial charge in [-0.05, 0) is 42.3 Å². The van der Waals surface area contributed by atoms with Gasteiger partial charge < -0.3 is 20.4 Å². The van der Waals surface area contributed by atoms with Crippen molar-refractivity contribution in [3.63, 3.8) is 0 Å². The van der Waals surface area contributed by atoms with Crippen molar-refractivity contribution in [1.82, 2.24) is 14.8 Å². The molecule has 1 saturated heterocycles. The van der Waals surface area contributed by atoms with Crippen LogP contribution in [0.2, 0.25) is 5.02 Å². The van der Waals surface area contributed by atoms with Gasteiger partial charge in [-0.2, -0.15) is 9.65 Å². The van der Waals surface area contributed by atoms with Crippen molar-refractivity contribution in [2.24, 2.45) is 10.9 Å². The first kappa shape index (κ1) is 22.3. The van der Waals surface area contributed by atoms with Crippen LogP contribution in [-0.2, 0) is 0 Å². The lowest BCUT2D eigenvalue weighted by molar-refractivity contribution is 0.120. The summed E-state index contributed by atoms with van der Waals surface area (Å²) in [4.78, 5) is 23.9. The Morgan fingerprint density at radius 3 is 2.68 bits per heavy atom. The number of urea groups is 1. The molecule has 2 aromatic rings. The lowest BCUT2D eigenvalue weighted by Gasteiger charge is -2.44. The summed E-state index contributed by atoms with van der Waals surface area (Å²) in [7, 11) is 0. The van der Waals surface area contributed by atoms with Gasteiger partial charge in [-0.3, -0.25) is 0 Å². The summed E-state index contributed by atoms with van der Waals surface area (Å²) < 4.78 is 14.0. The fraction of sp³-hybridized carbons (Fsp3) is 0.333. The van der Waals surface area contributed by atoms with E-state index >= 15 is 0 Å². The van der Waals surface area contributed by atoms with Gasteiger partial charge in [0.2, 0.25) is 18.1 Å². The van der Waals surface area contributed by atoms with Crippen molar-refractivity contribution in [1.29, 1.82) is 5.26 Å². The molecule has 1 fully saturated rings. The predicted octanol–water partition coefficient (Wildman–Crippen LogP) is 4.00. The van der Waals surface area contributed by atoms with Gasteiger partial charge >= 0.3 is 6.03 Å². The number of benzene rings is 1. The van der Waals surface area contributed by atoms with Crippen molar-refractivity contribution in [2.75, 3.05) is 30.3 Å². The second kappa shape index (κ2) is 10.1. The number of nitriles is 1. The molecule has 10 heteroatoms. The Morgan fingerprint density at radius 1 is 1.29 bits per heavy atom. The molecule has 8 nitrogen and oxygen atoms in total. The summed E-state index contributed by atoms with van der Waals surface area (Å²) in [6, 6.07) is 9.64. The highest BCUT2D eigenvalue weighted by atomic mass is 35.5. The van der Waals surface area contributed by atoms with Gasteiger partial charge in [-0.25, -0.2) is 9.78 Å². The summed E-state index contributed by atoms with van der Waals surface area (Å²) in [5.74, 6) is -0.323. The van der Waals surface area contributed by atoms with Crippen molar-refractivity contribution >= 4 is 35.0 Å². The first-order chi connectivity index (χ1) is 14.9. The maximum atomic E-state index is 14.0. The molecule has 162 valence electrons. The second-order valence-corrected chi connectivity index (χ2v) is 7.83. The smallest absolute Gasteiger partial charge is 0.321 e. The number of halogens is 2. The van der Waals surface area contributed by atoms with Crippen LogP contribution in [0.25, 0.3) is 0 Å². The second-order valence-electron chi connectivity index (χ2n) is 7.39. The van der Waals surface area contributed by atoms with Gasteiger partial charge in [0.25, 0.3) is 0 Å². The maximum absolute atomic E-state index is 14.0. The lowest BCUT2D eigenvalue weighted by atomic mass is 10.00. The Bertz CT molecular complexity index is 990. The molecular weight excluding hydrogens is 421 g/mol. The first-order valence-corrected chi connectivity index (χ1v) is 10.2. The van der Waals surface area contributed by atoms with Crippen LogP contribution in [0, 0.1) is 23.3 Å². The molecule has 0 aliphatic carbocycles. The molecule has 0 radical (unpaired) electrons. The first-order valence-electron chi connectivity index (χ1n) is 9.81. The SMILES string of the molecule is CC(C)C1CN(C(=O)Nc2ccc(Cl)cc2)CCN1/C(=N\C#N)Nc1cccnc1F. The molecule has 1 aromatic carbocycles. The number of piperazine rings is 1. The van der Waals surface area contributed by atoms with Gasteiger partial charge in [0.15, 0.2) is 0 Å². The number of hydrogen-bond acceptors (Lipinski definition) is 4. The molecule has 1 aliphatic heterocycles. The van der Waals surface area contributed by atoms with E-state index in [1.165, 1.54) is 12.3 Å². The number of carbonyl (C=O) groups is 1. The number of carbonyl (C=O) groups excluding carboxylic acids is 1. The normalized spacial score (nSPS) is 16.8. The van der Waals surface area contributed by atoms with Crippen LogP contribution < -0.4 is 10.6 Å². The quantitative estimate of drug-likeness (QED) is 0.323. The Labute approximate surface area is 185 Å². The van der Waals surface area contributed by atoms with Crippen molar-refractivity contribution in [2.45, 2.75) is 19.9 Å². The van der Waals surface area contributed by atoms with E-state index in [1.807, 2.05) is 18.7 Å². The number of guanidine groups is 1. The number of hydrogen-bond donors (Lipinski definition) is 2. The minimum Gasteiger partial charge on any atom is -0.335 e. The number of pyridine rings is 1. The van der Waals surface area contributed by atoms with E-state index in [-0.39, 0.29) is 29.6 Å². The zero-order valence-corrected chi connectivity index (χ0v) is 18.0. The molecular formula is C21H23ClFN7O. The van der Waals surface area contributed by atoms with Gasteiger partial charge in [-0.15, -0.1) is 4.99 Å². The third-order valence-corrected chi connectivity index (χ3v) is 5.26. The van der Waals surface area contributed by atoms with Crippen LogP contribution in [-0.4, -0.2) is 52.5 Å². The zero-order valence-electron chi connectivity index (χ0n) is 17.2. The third-order valence-electron chi connectivity index (χ3n) is 5.00. The molecule has 2 amide bonds. The van der Waals surface area contributed by atoms with Gasteiger partial charge in [0.1, 0.15) is 0 Å². The summed E-state index contributed by atoms with van der Waals surface area (Å²) in [5.41, 5.74) is 0.778. The molecule has 1 unspecified atom stereocenters. The molecule has 31 heavy (non-hydrogen) atoms. The van der Waals surface area contributed by atoms with E-state index in [1.54, 1.807) is 41.4 Å². The summed E-state index contributed by atoms with van der Waals surface area (Å²) >= 11 is 5.89. The summed E-state index contributed by atoms with van der Waals surface area (Å²) in [5, 5.41) is 15.5. The monoisotopic (exact) mass is 443 g/mol. The average Bonchev–Trinajstić information content (AvgIpc) is 2.76. The minimum absolute atomic E-state index is 0.127. The fourth-order valence-electron chi connectivity index (χ4n) is 3.37. The Balaban J connectivity index is 1.74. The number of aromatic nitrogens is 1. The standard InChI is InChI=1S/C21H23ClFN7O/c1-14(2)18-12-29(21(31)27-16-7-5-15(22)6-8-16)10-11-30(18)20(26-13-24)28-17-4-3-9-25-19(17)23/h3-9,14,18H,10-12H2,1-2H3,(H,26,28)(H,27,31). The van der Waals surface area contributed by atoms with E-state index in [4.69, 9.17) is 16.9 Å². The number of amides is 2. The maximum Gasteiger partial charge on any atom is 0.321 e. The van der Waals surface area contributed by atoms with Crippen LogP contribution in [0.1, 0.15) is 13.8 Å². The Morgan fingerprint density at radius 2 is 2.03 bits per heavy atom. The van der Waals surface area contributed by atoms with Crippen LogP contribution in [0.15, 0.2) is 47.6 Å². The zero-order chi connectivity index (χ0) is 22.4. The number of nitrogens with one attached hydrogen (secondary N) is 2. The van der Waals surface area contributed by atoms with Crippen LogP contribution in [0.3, 0.4) is 0 Å². The highest BCUT2D eigenvalue weighted by Gasteiger charge is 2.34. The molecule has 0 spiro atoms. The predicted molar refractivity (Wildman–Crippen MR) is 118 cm³/mol. The van der Waals surface area contributed by atoms with Crippen molar-refractivity contribution in [3.8, 4) is 6.19 Å². The Kier molecular flexibility index (Phi) is 7.26. The van der Waals surface area contributed by atoms with Crippen LogP contribution in [0.4, 0.5) is 20.6 Å². The number of rotatable bonds is 3. The summed E-state index contributed by atoms with van der Waals surface area (Å²) in [6.45, 7) is 5.29. The van der Waals surface area contributed by atoms with E-state index < -0.39 is 5.95 Å². The lowest BCUT2D eigenvalue weighted by Crippen LogP contribution is -2.60. The molecule has 3 rings (SSSR count). The number of nitrogens with zero attached hydrogens (tertiary/aromatic N) is 5. The number of anilines is 2. The highest BCUT2D eigenvalue weighted by molar-refractivity contribution is 6.30. The molecule has 0 saturated carbocycles. The van der Waals surface area contributed by atoms with E-state index in [2.05, 4.69) is 20.6 Å². The van der Waals surface area contributed by atoms with Crippen molar-refractivity contribution in [3.05, 3.63) is 53.6 Å². The van der Waals surface area contributed by atoms with E-state index in [0.717, 1.165) is 0 Å². The largest absolute Gasteiger partial charge is 0.335 e. The van der Waals surface area contributed by atoms with Gasteiger partial charge in [0, 0.05) is 36.5 Å². The minimum atomic E-state index is -0.685. The fourth-order valence-corrected chi connectivity index (χ4v) is 3.50. The van der Waals surface area contributed by atoms with Crippen molar-refractivity contribution < 1.29 is 9.18 Å². The highest BCUT2D eigenvalue weighted by Crippen LogP contribution is 2.21. The Hall–Kier alpha value is -3.38. The molecule has 2 N–H and O–H groups in total. The molecule has 1 atom stereocenters. The summed E-state index contributed by atoms with van der Waals surface area (Å²) in [6.07, 6.45) is 3.12. The number of aliphatic imine (C=N–C) groups is 1. The van der Waals surface area contributed by atoms with Gasteiger partial charge in [-0.1, -0.05) is 25.4 Å². The van der Waals surface area contributed by atoms with Crippen LogP contribution >= 0.6 is 11.6 Å². The van der Waals surface area contributed by atoms with Crippen LogP contribution in [0.5, 0.6) is 0 Å². The molecule has 0 bridgehead atoms. The molecule has 1 aromatic heterocycles. The average molecular weight is 444 g/mol. The van der Waals surface area contributed by atoms with E-state index in [9.17, 15) is 9.18 Å². The third kappa shape index (κ3) is 5.61. The molecule has 2 heterocycles. The van der Waals surface area contributed by atoms with E-state index in [0.29, 0.717) is 30.3 Å².